The standard InChI is InChI=1S/C18H10F2N4O3/c19-13-2-1-3-14(20)17(13)27-16-9-8-15(24(25)26)18(23-16)22-12-6-4-11(10-21)5-7-12/h1-9H,(H,22,23). The number of benzene rings is 2. The van der Waals surface area contributed by atoms with E-state index in [2.05, 4.69) is 10.3 Å². The van der Waals surface area contributed by atoms with Crippen molar-refractivity contribution in [2.45, 2.75) is 0 Å². The lowest BCUT2D eigenvalue weighted by molar-refractivity contribution is -0.384. The van der Waals surface area contributed by atoms with Crippen molar-refractivity contribution in [2.75, 3.05) is 5.32 Å². The van der Waals surface area contributed by atoms with E-state index in [0.29, 0.717) is 11.3 Å². The summed E-state index contributed by atoms with van der Waals surface area (Å²) in [5.41, 5.74) is 0.481. The monoisotopic (exact) mass is 368 g/mol. The third-order valence-electron chi connectivity index (χ3n) is 3.45. The minimum absolute atomic E-state index is 0.182. The van der Waals surface area contributed by atoms with Crippen LogP contribution >= 0.6 is 0 Å². The van der Waals surface area contributed by atoms with Crippen LogP contribution in [0, 0.1) is 33.1 Å². The van der Waals surface area contributed by atoms with Crippen LogP contribution in [0.4, 0.5) is 26.0 Å². The fourth-order valence-corrected chi connectivity index (χ4v) is 2.18. The van der Waals surface area contributed by atoms with E-state index in [9.17, 15) is 18.9 Å². The molecular formula is C18H10F2N4O3. The highest BCUT2D eigenvalue weighted by Gasteiger charge is 2.19. The fraction of sp³-hybridized carbons (Fsp3) is 0. The largest absolute Gasteiger partial charge is 0.433 e. The number of nitriles is 1. The Labute approximate surface area is 151 Å². The number of halogens is 2. The average molecular weight is 368 g/mol. The Hall–Kier alpha value is -4.06. The van der Waals surface area contributed by atoms with Crippen molar-refractivity contribution in [3.8, 4) is 17.7 Å². The molecule has 0 saturated heterocycles. The van der Waals surface area contributed by atoms with Crippen molar-refractivity contribution >= 4 is 17.2 Å². The normalized spacial score (nSPS) is 10.1. The van der Waals surface area contributed by atoms with E-state index in [1.54, 1.807) is 0 Å². The lowest BCUT2D eigenvalue weighted by atomic mass is 10.2. The predicted octanol–water partition coefficient (Wildman–Crippen LogP) is 4.68. The van der Waals surface area contributed by atoms with Gasteiger partial charge in [-0.1, -0.05) is 6.07 Å². The Morgan fingerprint density at radius 2 is 1.74 bits per heavy atom. The molecule has 0 atom stereocenters. The van der Waals surface area contributed by atoms with Gasteiger partial charge in [0.15, 0.2) is 11.6 Å². The lowest BCUT2D eigenvalue weighted by Gasteiger charge is -2.10. The van der Waals surface area contributed by atoms with Gasteiger partial charge in [-0.15, -0.1) is 0 Å². The SMILES string of the molecule is N#Cc1ccc(Nc2nc(Oc3c(F)cccc3F)ccc2[N+](=O)[O-])cc1. The van der Waals surface area contributed by atoms with Gasteiger partial charge in [0.05, 0.1) is 16.6 Å². The summed E-state index contributed by atoms with van der Waals surface area (Å²) in [6, 6.07) is 13.5. The van der Waals surface area contributed by atoms with Gasteiger partial charge in [-0.25, -0.2) is 8.78 Å². The van der Waals surface area contributed by atoms with Crippen LogP contribution in [0.3, 0.4) is 0 Å². The number of pyridine rings is 1. The molecule has 0 saturated carbocycles. The molecule has 0 spiro atoms. The van der Waals surface area contributed by atoms with Crippen molar-refractivity contribution in [3.63, 3.8) is 0 Å². The first kappa shape index (κ1) is 17.8. The molecule has 1 aromatic heterocycles. The van der Waals surface area contributed by atoms with E-state index in [1.165, 1.54) is 30.3 Å². The quantitative estimate of drug-likeness (QED) is 0.518. The fourth-order valence-electron chi connectivity index (χ4n) is 2.18. The minimum Gasteiger partial charge on any atom is -0.433 e. The van der Waals surface area contributed by atoms with Crippen molar-refractivity contribution < 1.29 is 18.4 Å². The second kappa shape index (κ2) is 7.45. The molecule has 134 valence electrons. The highest BCUT2D eigenvalue weighted by molar-refractivity contribution is 5.66. The molecule has 0 unspecified atom stereocenters. The first-order chi connectivity index (χ1) is 13.0. The summed E-state index contributed by atoms with van der Waals surface area (Å²) in [4.78, 5) is 14.5. The smallest absolute Gasteiger partial charge is 0.311 e. The Morgan fingerprint density at radius 3 is 2.33 bits per heavy atom. The molecule has 3 rings (SSSR count). The molecule has 9 heteroatoms. The molecule has 2 aromatic carbocycles. The Balaban J connectivity index is 1.95. The number of hydrogen-bond donors (Lipinski definition) is 1. The highest BCUT2D eigenvalue weighted by atomic mass is 19.1. The maximum absolute atomic E-state index is 13.7. The van der Waals surface area contributed by atoms with Gasteiger partial charge in [0.1, 0.15) is 0 Å². The van der Waals surface area contributed by atoms with Gasteiger partial charge in [-0.3, -0.25) is 10.1 Å². The van der Waals surface area contributed by atoms with Crippen LogP contribution in [-0.2, 0) is 0 Å². The molecular weight excluding hydrogens is 358 g/mol. The molecule has 1 heterocycles. The molecule has 0 radical (unpaired) electrons. The number of nitro groups is 1. The van der Waals surface area contributed by atoms with E-state index >= 15 is 0 Å². The first-order valence-corrected chi connectivity index (χ1v) is 7.52. The highest BCUT2D eigenvalue weighted by Crippen LogP contribution is 2.31. The van der Waals surface area contributed by atoms with Crippen LogP contribution in [0.1, 0.15) is 5.56 Å². The van der Waals surface area contributed by atoms with Crippen LogP contribution in [0.5, 0.6) is 11.6 Å². The Bertz CT molecular complexity index is 1030. The van der Waals surface area contributed by atoms with Crippen molar-refractivity contribution in [2.24, 2.45) is 0 Å². The molecule has 3 aromatic rings. The van der Waals surface area contributed by atoms with E-state index < -0.39 is 22.3 Å². The van der Waals surface area contributed by atoms with Gasteiger partial charge < -0.3 is 10.1 Å². The van der Waals surface area contributed by atoms with Crippen LogP contribution in [0.15, 0.2) is 54.6 Å². The summed E-state index contributed by atoms with van der Waals surface area (Å²) in [6.45, 7) is 0. The van der Waals surface area contributed by atoms with Gasteiger partial charge in [0.25, 0.3) is 0 Å². The van der Waals surface area contributed by atoms with E-state index in [0.717, 1.165) is 24.3 Å². The van der Waals surface area contributed by atoms with Crippen molar-refractivity contribution in [1.82, 2.24) is 4.98 Å². The number of para-hydroxylation sites is 1. The molecule has 0 fully saturated rings. The number of anilines is 2. The van der Waals surface area contributed by atoms with Gasteiger partial charge in [0.2, 0.25) is 17.4 Å². The van der Waals surface area contributed by atoms with Crippen LogP contribution < -0.4 is 10.1 Å². The molecule has 0 amide bonds. The first-order valence-electron chi connectivity index (χ1n) is 7.52. The summed E-state index contributed by atoms with van der Waals surface area (Å²) in [5.74, 6) is -2.95. The summed E-state index contributed by atoms with van der Waals surface area (Å²) in [7, 11) is 0. The maximum atomic E-state index is 13.7. The second-order valence-corrected chi connectivity index (χ2v) is 5.24. The average Bonchev–Trinajstić information content (AvgIpc) is 2.65. The number of nitrogens with one attached hydrogen (secondary N) is 1. The number of aromatic nitrogens is 1. The van der Waals surface area contributed by atoms with Crippen LogP contribution in [-0.4, -0.2) is 9.91 Å². The third-order valence-corrected chi connectivity index (χ3v) is 3.45. The minimum atomic E-state index is -0.934. The van der Waals surface area contributed by atoms with E-state index in [4.69, 9.17) is 10.00 Å². The summed E-state index contributed by atoms with van der Waals surface area (Å²) < 4.78 is 32.6. The second-order valence-electron chi connectivity index (χ2n) is 5.24. The number of ether oxygens (including phenoxy) is 1. The number of hydrogen-bond acceptors (Lipinski definition) is 6. The lowest BCUT2D eigenvalue weighted by Crippen LogP contribution is -2.02. The van der Waals surface area contributed by atoms with Crippen molar-refractivity contribution in [1.29, 1.82) is 5.26 Å². The topological polar surface area (TPSA) is 101 Å². The van der Waals surface area contributed by atoms with Crippen molar-refractivity contribution in [3.05, 3.63) is 81.9 Å². The maximum Gasteiger partial charge on any atom is 0.311 e. The molecule has 0 bridgehead atoms. The van der Waals surface area contributed by atoms with Gasteiger partial charge in [-0.2, -0.15) is 10.2 Å². The predicted molar refractivity (Wildman–Crippen MR) is 91.8 cm³/mol. The molecule has 0 aliphatic heterocycles. The number of rotatable bonds is 5. The van der Waals surface area contributed by atoms with Crippen LogP contribution in [0.2, 0.25) is 0 Å². The van der Waals surface area contributed by atoms with Gasteiger partial charge >= 0.3 is 5.69 Å². The van der Waals surface area contributed by atoms with Gasteiger partial charge in [0, 0.05) is 17.8 Å². The zero-order chi connectivity index (χ0) is 19.4. The molecule has 7 nitrogen and oxygen atoms in total. The third kappa shape index (κ3) is 3.96. The summed E-state index contributed by atoms with van der Waals surface area (Å²) in [6.07, 6.45) is 0. The Kier molecular flexibility index (Phi) is 4.90. The molecule has 27 heavy (non-hydrogen) atoms. The summed E-state index contributed by atoms with van der Waals surface area (Å²) in [5, 5.41) is 22.7. The Morgan fingerprint density at radius 1 is 1.07 bits per heavy atom. The zero-order valence-corrected chi connectivity index (χ0v) is 13.5. The van der Waals surface area contributed by atoms with E-state index in [-0.39, 0.29) is 17.4 Å². The van der Waals surface area contributed by atoms with Crippen LogP contribution in [0.25, 0.3) is 0 Å². The van der Waals surface area contributed by atoms with Gasteiger partial charge in [-0.05, 0) is 36.4 Å². The summed E-state index contributed by atoms with van der Waals surface area (Å²) >= 11 is 0. The molecule has 1 N–H and O–H groups in total. The van der Waals surface area contributed by atoms with E-state index in [1.807, 2.05) is 6.07 Å². The molecule has 0 aliphatic rings. The zero-order valence-electron chi connectivity index (χ0n) is 13.5. The molecule has 0 aliphatic carbocycles. The number of nitrogens with zero attached hydrogens (tertiary/aromatic N) is 3.